The van der Waals surface area contributed by atoms with E-state index in [1.54, 1.807) is 18.0 Å². The summed E-state index contributed by atoms with van der Waals surface area (Å²) in [5.74, 6) is 0.504. The van der Waals surface area contributed by atoms with E-state index in [1.165, 1.54) is 5.69 Å². The van der Waals surface area contributed by atoms with Crippen LogP contribution in [0.15, 0.2) is 64.9 Å². The lowest BCUT2D eigenvalue weighted by atomic mass is 10.1. The van der Waals surface area contributed by atoms with E-state index in [-0.39, 0.29) is 5.91 Å². The predicted octanol–water partition coefficient (Wildman–Crippen LogP) is 5.00. The molecule has 0 spiro atoms. The van der Waals surface area contributed by atoms with E-state index in [4.69, 9.17) is 0 Å². The first-order chi connectivity index (χ1) is 15.5. The van der Waals surface area contributed by atoms with Crippen molar-refractivity contribution in [1.82, 2.24) is 15.4 Å². The molecule has 0 aliphatic rings. The third-order valence-corrected chi connectivity index (χ3v) is 5.87. The predicted molar refractivity (Wildman–Crippen MR) is 133 cm³/mol. The zero-order chi connectivity index (χ0) is 22.9. The van der Waals surface area contributed by atoms with Gasteiger partial charge in [-0.25, -0.2) is 15.4 Å². The van der Waals surface area contributed by atoms with E-state index in [0.29, 0.717) is 5.56 Å². The van der Waals surface area contributed by atoms with Crippen LogP contribution >= 0.6 is 11.8 Å². The van der Waals surface area contributed by atoms with Gasteiger partial charge in [-0.15, -0.1) is 0 Å². The van der Waals surface area contributed by atoms with E-state index in [1.807, 2.05) is 56.3 Å². The minimum absolute atomic E-state index is 0.238. The molecule has 2 aromatic carbocycles. The van der Waals surface area contributed by atoms with E-state index >= 15 is 0 Å². The van der Waals surface area contributed by atoms with Gasteiger partial charge in [0.2, 0.25) is 0 Å². The molecule has 0 saturated heterocycles. The maximum atomic E-state index is 12.4. The maximum absolute atomic E-state index is 12.4. The first-order valence-electron chi connectivity index (χ1n) is 10.7. The van der Waals surface area contributed by atoms with Crippen molar-refractivity contribution in [1.29, 1.82) is 0 Å². The molecule has 6 nitrogen and oxygen atoms in total. The number of aromatic nitrogens is 2. The summed E-state index contributed by atoms with van der Waals surface area (Å²) in [6.45, 7) is 10.2. The van der Waals surface area contributed by atoms with Gasteiger partial charge in [0.1, 0.15) is 0 Å². The minimum atomic E-state index is -0.238. The molecule has 0 unspecified atom stereocenters. The minimum Gasteiger partial charge on any atom is -0.372 e. The van der Waals surface area contributed by atoms with Gasteiger partial charge in [-0.05, 0) is 69.2 Å². The van der Waals surface area contributed by atoms with Crippen LogP contribution in [-0.4, -0.2) is 35.2 Å². The van der Waals surface area contributed by atoms with Crippen LogP contribution in [0.1, 0.15) is 46.7 Å². The monoisotopic (exact) mass is 447 g/mol. The Hall–Kier alpha value is -3.19. The average molecular weight is 448 g/mol. The summed E-state index contributed by atoms with van der Waals surface area (Å²) < 4.78 is 0. The lowest BCUT2D eigenvalue weighted by Crippen LogP contribution is -2.21. The molecule has 0 fully saturated rings. The van der Waals surface area contributed by atoms with Crippen LogP contribution < -0.4 is 10.3 Å². The average Bonchev–Trinajstić information content (AvgIpc) is 2.79. The fourth-order valence-electron chi connectivity index (χ4n) is 3.25. The lowest BCUT2D eigenvalue weighted by Gasteiger charge is -2.20. The highest BCUT2D eigenvalue weighted by Crippen LogP contribution is 2.20. The topological polar surface area (TPSA) is 70.5 Å². The maximum Gasteiger partial charge on any atom is 0.271 e. The van der Waals surface area contributed by atoms with Crippen LogP contribution in [-0.2, 0) is 5.75 Å². The second-order valence-electron chi connectivity index (χ2n) is 7.38. The number of carbonyl (C=O) groups is 1. The molecule has 0 aliphatic heterocycles. The molecule has 0 aliphatic carbocycles. The van der Waals surface area contributed by atoms with Gasteiger partial charge in [-0.3, -0.25) is 4.79 Å². The van der Waals surface area contributed by atoms with Crippen molar-refractivity contribution in [3.05, 3.63) is 82.7 Å². The molecular formula is C25H29N5OS. The number of hydrogen-bond acceptors (Lipinski definition) is 6. The van der Waals surface area contributed by atoms with E-state index in [0.717, 1.165) is 46.5 Å². The fraction of sp³-hybridized carbons (Fsp3) is 0.280. The number of thioether (sulfide) groups is 1. The number of carbonyl (C=O) groups excluding carboxylic acids is 1. The van der Waals surface area contributed by atoms with Gasteiger partial charge in [0.05, 0.1) is 6.21 Å². The molecule has 166 valence electrons. The van der Waals surface area contributed by atoms with Crippen LogP contribution in [0.25, 0.3) is 0 Å². The highest BCUT2D eigenvalue weighted by atomic mass is 32.2. The molecule has 0 bridgehead atoms. The molecule has 1 aromatic heterocycles. The van der Waals surface area contributed by atoms with Gasteiger partial charge >= 0.3 is 0 Å². The molecule has 32 heavy (non-hydrogen) atoms. The van der Waals surface area contributed by atoms with Crippen molar-refractivity contribution in [2.45, 2.75) is 38.6 Å². The summed E-state index contributed by atoms with van der Waals surface area (Å²) in [7, 11) is 0. The Morgan fingerprint density at radius 2 is 1.62 bits per heavy atom. The summed E-state index contributed by atoms with van der Waals surface area (Å²) in [6.07, 6.45) is 1.65. The number of hydrazone groups is 1. The Balaban J connectivity index is 1.52. The van der Waals surface area contributed by atoms with Gasteiger partial charge in [0, 0.05) is 41.5 Å². The van der Waals surface area contributed by atoms with Crippen LogP contribution in [0, 0.1) is 13.8 Å². The summed E-state index contributed by atoms with van der Waals surface area (Å²) in [4.78, 5) is 23.5. The normalized spacial score (nSPS) is 11.0. The third kappa shape index (κ3) is 6.65. The van der Waals surface area contributed by atoms with Crippen molar-refractivity contribution in [3.8, 4) is 0 Å². The number of rotatable bonds is 9. The van der Waals surface area contributed by atoms with E-state index in [2.05, 4.69) is 51.4 Å². The second kappa shape index (κ2) is 11.4. The number of benzene rings is 2. The molecule has 0 atom stereocenters. The Bertz CT molecular complexity index is 1040. The Kier molecular flexibility index (Phi) is 8.39. The number of nitrogens with zero attached hydrogens (tertiary/aromatic N) is 4. The number of amides is 1. The van der Waals surface area contributed by atoms with Gasteiger partial charge in [0.25, 0.3) is 5.91 Å². The molecule has 3 rings (SSSR count). The first-order valence-corrected chi connectivity index (χ1v) is 11.7. The zero-order valence-electron chi connectivity index (χ0n) is 19.0. The summed E-state index contributed by atoms with van der Waals surface area (Å²) >= 11 is 1.58. The van der Waals surface area contributed by atoms with Crippen LogP contribution in [0.3, 0.4) is 0 Å². The Morgan fingerprint density at radius 1 is 1.00 bits per heavy atom. The molecule has 1 heterocycles. The van der Waals surface area contributed by atoms with Crippen molar-refractivity contribution in [2.75, 3.05) is 18.0 Å². The number of aryl methyl sites for hydroxylation is 2. The molecule has 1 amide bonds. The highest BCUT2D eigenvalue weighted by molar-refractivity contribution is 7.98. The SMILES string of the molecule is CCN(CC)c1ccc(/C=N/NC(=O)c2ccc(CSc3nc(C)cc(C)n3)cc2)cc1. The van der Waals surface area contributed by atoms with Crippen LogP contribution in [0.5, 0.6) is 0 Å². The Morgan fingerprint density at radius 3 is 2.22 bits per heavy atom. The van der Waals surface area contributed by atoms with E-state index < -0.39 is 0 Å². The highest BCUT2D eigenvalue weighted by Gasteiger charge is 2.06. The Labute approximate surface area is 194 Å². The third-order valence-electron chi connectivity index (χ3n) is 4.95. The van der Waals surface area contributed by atoms with Gasteiger partial charge in [-0.2, -0.15) is 5.10 Å². The quantitative estimate of drug-likeness (QED) is 0.216. The van der Waals surface area contributed by atoms with Gasteiger partial charge in [-0.1, -0.05) is 36.0 Å². The molecule has 0 saturated carbocycles. The largest absolute Gasteiger partial charge is 0.372 e. The standard InChI is InChI=1S/C25H29N5OS/c1-5-30(6-2)23-13-9-20(10-14-23)16-26-29-24(31)22-11-7-21(8-12-22)17-32-25-27-18(3)15-19(4)28-25/h7-16H,5-6,17H2,1-4H3,(H,29,31)/b26-16+. The first kappa shape index (κ1) is 23.5. The second-order valence-corrected chi connectivity index (χ2v) is 8.32. The number of anilines is 1. The number of hydrogen-bond donors (Lipinski definition) is 1. The van der Waals surface area contributed by atoms with Crippen molar-refractivity contribution in [2.24, 2.45) is 5.10 Å². The summed E-state index contributed by atoms with van der Waals surface area (Å²) in [5, 5.41) is 4.86. The van der Waals surface area contributed by atoms with Crippen LogP contribution in [0.4, 0.5) is 5.69 Å². The van der Waals surface area contributed by atoms with Crippen molar-refractivity contribution < 1.29 is 4.79 Å². The van der Waals surface area contributed by atoms with Gasteiger partial charge < -0.3 is 4.90 Å². The summed E-state index contributed by atoms with van der Waals surface area (Å²) in [6, 6.07) is 17.6. The molecule has 7 heteroatoms. The zero-order valence-corrected chi connectivity index (χ0v) is 19.8. The molecule has 3 aromatic rings. The molecule has 0 radical (unpaired) electrons. The lowest BCUT2D eigenvalue weighted by molar-refractivity contribution is 0.0955. The fourth-order valence-corrected chi connectivity index (χ4v) is 4.15. The molecule has 1 N–H and O–H groups in total. The summed E-state index contributed by atoms with van der Waals surface area (Å²) in [5.41, 5.74) is 8.30. The van der Waals surface area contributed by atoms with Crippen molar-refractivity contribution in [3.63, 3.8) is 0 Å². The van der Waals surface area contributed by atoms with Crippen LogP contribution in [0.2, 0.25) is 0 Å². The van der Waals surface area contributed by atoms with Gasteiger partial charge in [0.15, 0.2) is 5.16 Å². The molecular weight excluding hydrogens is 418 g/mol. The number of nitrogens with one attached hydrogen (secondary N) is 1. The van der Waals surface area contributed by atoms with E-state index in [9.17, 15) is 4.79 Å². The smallest absolute Gasteiger partial charge is 0.271 e. The van der Waals surface area contributed by atoms with Crippen molar-refractivity contribution >= 4 is 29.6 Å².